The molecule has 1 saturated heterocycles. The SMILES string of the molecule is CCC1CCN(C2(CN)CCC(OC)CC2)C1. The Morgan fingerprint density at radius 2 is 2.00 bits per heavy atom. The van der Waals surface area contributed by atoms with Crippen molar-refractivity contribution >= 4 is 0 Å². The maximum absolute atomic E-state index is 6.11. The monoisotopic (exact) mass is 240 g/mol. The van der Waals surface area contributed by atoms with Crippen molar-refractivity contribution in [2.45, 2.75) is 57.1 Å². The van der Waals surface area contributed by atoms with Gasteiger partial charge in [0, 0.05) is 25.7 Å². The Bertz CT molecular complexity index is 236. The standard InChI is InChI=1S/C14H28N2O/c1-3-12-6-9-16(10-12)14(11-15)7-4-13(17-2)5-8-14/h12-13H,3-11,15H2,1-2H3. The Hall–Kier alpha value is -0.120. The normalized spacial score (nSPS) is 39.7. The summed E-state index contributed by atoms with van der Waals surface area (Å²) in [5.41, 5.74) is 6.40. The van der Waals surface area contributed by atoms with Crippen LogP contribution < -0.4 is 5.73 Å². The summed E-state index contributed by atoms with van der Waals surface area (Å²) in [5, 5.41) is 0. The van der Waals surface area contributed by atoms with Crippen molar-refractivity contribution in [2.75, 3.05) is 26.7 Å². The fourth-order valence-electron chi connectivity index (χ4n) is 3.61. The second-order valence-electron chi connectivity index (χ2n) is 5.87. The van der Waals surface area contributed by atoms with Crippen LogP contribution in [-0.2, 0) is 4.74 Å². The quantitative estimate of drug-likeness (QED) is 0.817. The highest BCUT2D eigenvalue weighted by Crippen LogP contribution is 2.37. The summed E-state index contributed by atoms with van der Waals surface area (Å²) < 4.78 is 5.47. The van der Waals surface area contributed by atoms with Gasteiger partial charge in [-0.15, -0.1) is 0 Å². The van der Waals surface area contributed by atoms with Crippen molar-refractivity contribution in [3.05, 3.63) is 0 Å². The van der Waals surface area contributed by atoms with Crippen LogP contribution in [0, 0.1) is 5.92 Å². The zero-order chi connectivity index (χ0) is 12.3. The van der Waals surface area contributed by atoms with Gasteiger partial charge in [-0.1, -0.05) is 13.3 Å². The maximum Gasteiger partial charge on any atom is 0.0572 e. The summed E-state index contributed by atoms with van der Waals surface area (Å²) in [5.74, 6) is 0.901. The lowest BCUT2D eigenvalue weighted by Gasteiger charge is -2.46. The lowest BCUT2D eigenvalue weighted by molar-refractivity contribution is 0.00105. The summed E-state index contributed by atoms with van der Waals surface area (Å²) in [6.07, 6.45) is 7.96. The Labute approximate surface area is 106 Å². The Morgan fingerprint density at radius 1 is 1.29 bits per heavy atom. The van der Waals surface area contributed by atoms with Crippen molar-refractivity contribution in [3.8, 4) is 0 Å². The zero-order valence-electron chi connectivity index (χ0n) is 11.5. The average Bonchev–Trinajstić information content (AvgIpc) is 2.88. The average molecular weight is 240 g/mol. The van der Waals surface area contributed by atoms with Crippen LogP contribution in [0.3, 0.4) is 0 Å². The van der Waals surface area contributed by atoms with Crippen LogP contribution in [0.4, 0.5) is 0 Å². The number of hydrogen-bond donors (Lipinski definition) is 1. The molecule has 2 rings (SSSR count). The van der Waals surface area contributed by atoms with Crippen LogP contribution >= 0.6 is 0 Å². The van der Waals surface area contributed by atoms with E-state index in [0.29, 0.717) is 11.6 Å². The minimum Gasteiger partial charge on any atom is -0.381 e. The van der Waals surface area contributed by atoms with Gasteiger partial charge in [-0.2, -0.15) is 0 Å². The van der Waals surface area contributed by atoms with Crippen LogP contribution in [0.25, 0.3) is 0 Å². The molecule has 1 saturated carbocycles. The van der Waals surface area contributed by atoms with E-state index < -0.39 is 0 Å². The van der Waals surface area contributed by atoms with Crippen LogP contribution in [0.1, 0.15) is 45.4 Å². The van der Waals surface area contributed by atoms with Gasteiger partial charge in [0.05, 0.1) is 6.10 Å². The summed E-state index contributed by atoms with van der Waals surface area (Å²) in [7, 11) is 1.84. The number of methoxy groups -OCH3 is 1. The van der Waals surface area contributed by atoms with Gasteiger partial charge in [-0.25, -0.2) is 0 Å². The molecular formula is C14H28N2O. The third kappa shape index (κ3) is 2.67. The van der Waals surface area contributed by atoms with Gasteiger partial charge in [-0.05, 0) is 44.6 Å². The molecule has 0 aromatic carbocycles. The lowest BCUT2D eigenvalue weighted by Crippen LogP contribution is -2.55. The molecule has 1 unspecified atom stereocenters. The molecule has 2 fully saturated rings. The Balaban J connectivity index is 1.96. The third-order valence-electron chi connectivity index (χ3n) is 5.11. The molecule has 1 atom stereocenters. The molecule has 17 heavy (non-hydrogen) atoms. The zero-order valence-corrected chi connectivity index (χ0v) is 11.5. The number of ether oxygens (including phenoxy) is 1. The van der Waals surface area contributed by atoms with Gasteiger partial charge in [0.25, 0.3) is 0 Å². The van der Waals surface area contributed by atoms with Gasteiger partial charge < -0.3 is 10.5 Å². The summed E-state index contributed by atoms with van der Waals surface area (Å²) >= 11 is 0. The first-order chi connectivity index (χ1) is 8.24. The van der Waals surface area contributed by atoms with E-state index in [1.165, 1.54) is 51.6 Å². The van der Waals surface area contributed by atoms with E-state index in [4.69, 9.17) is 10.5 Å². The van der Waals surface area contributed by atoms with E-state index in [0.717, 1.165) is 12.5 Å². The molecule has 0 spiro atoms. The highest BCUT2D eigenvalue weighted by molar-refractivity contribution is 4.98. The maximum atomic E-state index is 6.11. The van der Waals surface area contributed by atoms with E-state index in [1.807, 2.05) is 7.11 Å². The number of nitrogens with zero attached hydrogens (tertiary/aromatic N) is 1. The molecule has 3 nitrogen and oxygen atoms in total. The lowest BCUT2D eigenvalue weighted by atomic mass is 9.79. The van der Waals surface area contributed by atoms with Crippen molar-refractivity contribution in [1.29, 1.82) is 0 Å². The fraction of sp³-hybridized carbons (Fsp3) is 1.00. The summed E-state index contributed by atoms with van der Waals surface area (Å²) in [4.78, 5) is 2.69. The van der Waals surface area contributed by atoms with Gasteiger partial charge >= 0.3 is 0 Å². The molecule has 1 heterocycles. The molecule has 2 N–H and O–H groups in total. The molecule has 1 aliphatic carbocycles. The summed E-state index contributed by atoms with van der Waals surface area (Å²) in [6, 6.07) is 0. The van der Waals surface area contributed by atoms with Crippen molar-refractivity contribution in [1.82, 2.24) is 4.90 Å². The van der Waals surface area contributed by atoms with Crippen LogP contribution in [-0.4, -0.2) is 43.3 Å². The molecular weight excluding hydrogens is 212 g/mol. The Kier molecular flexibility index (Phi) is 4.45. The molecule has 3 heteroatoms. The number of nitrogens with two attached hydrogens (primary N) is 1. The first kappa shape index (κ1) is 13.3. The molecule has 0 amide bonds. The molecule has 0 bridgehead atoms. The Morgan fingerprint density at radius 3 is 2.47 bits per heavy atom. The molecule has 2 aliphatic rings. The molecule has 0 radical (unpaired) electrons. The summed E-state index contributed by atoms with van der Waals surface area (Å²) in [6.45, 7) is 5.66. The largest absolute Gasteiger partial charge is 0.381 e. The third-order valence-corrected chi connectivity index (χ3v) is 5.11. The molecule has 0 aromatic rings. The van der Waals surface area contributed by atoms with Crippen LogP contribution in [0.5, 0.6) is 0 Å². The number of rotatable bonds is 4. The van der Waals surface area contributed by atoms with Gasteiger partial charge in [0.2, 0.25) is 0 Å². The molecule has 100 valence electrons. The van der Waals surface area contributed by atoms with E-state index in [1.54, 1.807) is 0 Å². The van der Waals surface area contributed by atoms with E-state index in [2.05, 4.69) is 11.8 Å². The highest BCUT2D eigenvalue weighted by atomic mass is 16.5. The minimum atomic E-state index is 0.291. The predicted molar refractivity (Wildman–Crippen MR) is 71.0 cm³/mol. The van der Waals surface area contributed by atoms with Crippen molar-refractivity contribution < 1.29 is 4.74 Å². The predicted octanol–water partition coefficient (Wildman–Crippen LogP) is 2.00. The molecule has 0 aromatic heterocycles. The van der Waals surface area contributed by atoms with E-state index in [-0.39, 0.29) is 0 Å². The van der Waals surface area contributed by atoms with E-state index >= 15 is 0 Å². The topological polar surface area (TPSA) is 38.5 Å². The second-order valence-corrected chi connectivity index (χ2v) is 5.87. The van der Waals surface area contributed by atoms with Crippen LogP contribution in [0.15, 0.2) is 0 Å². The molecule has 1 aliphatic heterocycles. The second kappa shape index (κ2) is 5.68. The first-order valence-electron chi connectivity index (χ1n) is 7.22. The highest BCUT2D eigenvalue weighted by Gasteiger charge is 2.41. The first-order valence-corrected chi connectivity index (χ1v) is 7.22. The smallest absolute Gasteiger partial charge is 0.0572 e. The minimum absolute atomic E-state index is 0.291. The fourth-order valence-corrected chi connectivity index (χ4v) is 3.61. The van der Waals surface area contributed by atoms with Crippen molar-refractivity contribution in [3.63, 3.8) is 0 Å². The number of likely N-dealkylation sites (tertiary alicyclic amines) is 1. The van der Waals surface area contributed by atoms with Gasteiger partial charge in [-0.3, -0.25) is 4.90 Å². The van der Waals surface area contributed by atoms with Gasteiger partial charge in [0.1, 0.15) is 0 Å². The van der Waals surface area contributed by atoms with E-state index in [9.17, 15) is 0 Å². The van der Waals surface area contributed by atoms with Crippen molar-refractivity contribution in [2.24, 2.45) is 11.7 Å². The van der Waals surface area contributed by atoms with Gasteiger partial charge in [0.15, 0.2) is 0 Å². The van der Waals surface area contributed by atoms with Crippen LogP contribution in [0.2, 0.25) is 0 Å². The number of hydrogen-bond acceptors (Lipinski definition) is 3.